The Morgan fingerprint density at radius 3 is 2.03 bits per heavy atom. The molecule has 1 saturated heterocycles. The number of benzene rings is 2. The van der Waals surface area contributed by atoms with E-state index in [2.05, 4.69) is 63.7 Å². The number of anilines is 1. The first-order valence-corrected chi connectivity index (χ1v) is 10.0. The second-order valence-corrected chi connectivity index (χ2v) is 7.43. The molecular formula is C24H26N4O. The minimum absolute atomic E-state index is 0.0620. The third-order valence-corrected chi connectivity index (χ3v) is 5.32. The molecule has 0 aliphatic carbocycles. The summed E-state index contributed by atoms with van der Waals surface area (Å²) in [5.41, 5.74) is 4.33. The number of aromatic nitrogens is 1. The van der Waals surface area contributed by atoms with E-state index in [0.29, 0.717) is 13.1 Å². The predicted molar refractivity (Wildman–Crippen MR) is 116 cm³/mol. The van der Waals surface area contributed by atoms with Crippen molar-refractivity contribution in [2.75, 3.05) is 31.5 Å². The zero-order valence-corrected chi connectivity index (χ0v) is 16.7. The third kappa shape index (κ3) is 4.63. The molecule has 29 heavy (non-hydrogen) atoms. The summed E-state index contributed by atoms with van der Waals surface area (Å²) in [5, 5.41) is 2.97. The van der Waals surface area contributed by atoms with Crippen LogP contribution in [-0.2, 0) is 0 Å². The molecule has 1 fully saturated rings. The highest BCUT2D eigenvalue weighted by Crippen LogP contribution is 2.29. The van der Waals surface area contributed by atoms with Gasteiger partial charge >= 0.3 is 6.03 Å². The van der Waals surface area contributed by atoms with E-state index >= 15 is 0 Å². The number of aryl methyl sites for hydroxylation is 1. The Kier molecular flexibility index (Phi) is 5.86. The van der Waals surface area contributed by atoms with Crippen LogP contribution in [0.25, 0.3) is 0 Å². The molecule has 2 aromatic carbocycles. The Balaban J connectivity index is 1.45. The summed E-state index contributed by atoms with van der Waals surface area (Å²) in [6, 6.07) is 23.2. The highest BCUT2D eigenvalue weighted by atomic mass is 16.2. The van der Waals surface area contributed by atoms with Crippen molar-refractivity contribution in [3.8, 4) is 0 Å². The van der Waals surface area contributed by atoms with Crippen molar-refractivity contribution in [2.24, 2.45) is 0 Å². The van der Waals surface area contributed by atoms with Crippen molar-refractivity contribution in [1.29, 1.82) is 0 Å². The monoisotopic (exact) mass is 386 g/mol. The maximum atomic E-state index is 12.7. The van der Waals surface area contributed by atoms with Gasteiger partial charge in [0.2, 0.25) is 0 Å². The van der Waals surface area contributed by atoms with Gasteiger partial charge in [0.1, 0.15) is 0 Å². The molecule has 0 radical (unpaired) electrons. The van der Waals surface area contributed by atoms with Gasteiger partial charge in [-0.05, 0) is 29.7 Å². The zero-order valence-electron chi connectivity index (χ0n) is 16.7. The standard InChI is InChI=1S/C24H26N4O/c1-19-16-22(18-25-17-19)26-24(29)28-14-12-27(13-15-28)23(20-8-4-2-5-9-20)21-10-6-3-7-11-21/h2-11,16-18,23H,12-15H2,1H3,(H,26,29). The molecule has 4 rings (SSSR count). The summed E-state index contributed by atoms with van der Waals surface area (Å²) < 4.78 is 0. The molecule has 5 heteroatoms. The Morgan fingerprint density at radius 1 is 0.897 bits per heavy atom. The lowest BCUT2D eigenvalue weighted by molar-refractivity contribution is 0.126. The molecule has 148 valence electrons. The molecule has 1 N–H and O–H groups in total. The number of carbonyl (C=O) groups is 1. The van der Waals surface area contributed by atoms with Crippen molar-refractivity contribution in [2.45, 2.75) is 13.0 Å². The number of urea groups is 1. The molecule has 0 bridgehead atoms. The van der Waals surface area contributed by atoms with Gasteiger partial charge in [-0.3, -0.25) is 9.88 Å². The molecule has 1 aliphatic rings. The average molecular weight is 386 g/mol. The Hall–Kier alpha value is -3.18. The van der Waals surface area contributed by atoms with E-state index in [4.69, 9.17) is 0 Å². The topological polar surface area (TPSA) is 48.5 Å². The molecule has 1 aliphatic heterocycles. The van der Waals surface area contributed by atoms with Gasteiger partial charge in [-0.2, -0.15) is 0 Å². The van der Waals surface area contributed by atoms with Crippen LogP contribution in [0, 0.1) is 6.92 Å². The van der Waals surface area contributed by atoms with Crippen LogP contribution in [0.5, 0.6) is 0 Å². The van der Waals surface area contributed by atoms with Crippen LogP contribution in [0.4, 0.5) is 10.5 Å². The maximum Gasteiger partial charge on any atom is 0.321 e. The van der Waals surface area contributed by atoms with Crippen molar-refractivity contribution >= 4 is 11.7 Å². The summed E-state index contributed by atoms with van der Waals surface area (Å²) in [5.74, 6) is 0. The SMILES string of the molecule is Cc1cncc(NC(=O)N2CCN(C(c3ccccc3)c3ccccc3)CC2)c1. The van der Waals surface area contributed by atoms with Crippen LogP contribution in [0.15, 0.2) is 79.1 Å². The van der Waals surface area contributed by atoms with E-state index in [1.54, 1.807) is 12.4 Å². The number of nitrogens with zero attached hydrogens (tertiary/aromatic N) is 3. The van der Waals surface area contributed by atoms with Gasteiger partial charge in [0.25, 0.3) is 0 Å². The molecule has 0 saturated carbocycles. The van der Waals surface area contributed by atoms with Gasteiger partial charge in [-0.1, -0.05) is 60.7 Å². The van der Waals surface area contributed by atoms with Gasteiger partial charge in [0.05, 0.1) is 17.9 Å². The lowest BCUT2D eigenvalue weighted by atomic mass is 9.96. The lowest BCUT2D eigenvalue weighted by Gasteiger charge is -2.39. The molecule has 5 nitrogen and oxygen atoms in total. The van der Waals surface area contributed by atoms with Gasteiger partial charge < -0.3 is 10.2 Å². The largest absolute Gasteiger partial charge is 0.322 e. The number of hydrogen-bond acceptors (Lipinski definition) is 3. The van der Waals surface area contributed by atoms with E-state index in [1.807, 2.05) is 30.0 Å². The van der Waals surface area contributed by atoms with Crippen molar-refractivity contribution in [1.82, 2.24) is 14.8 Å². The first kappa shape index (κ1) is 19.2. The maximum absolute atomic E-state index is 12.7. The third-order valence-electron chi connectivity index (χ3n) is 5.32. The van der Waals surface area contributed by atoms with Gasteiger partial charge in [-0.25, -0.2) is 4.79 Å². The van der Waals surface area contributed by atoms with Crippen molar-refractivity contribution in [3.63, 3.8) is 0 Å². The number of carbonyl (C=O) groups excluding carboxylic acids is 1. The first-order chi connectivity index (χ1) is 14.2. The highest BCUT2D eigenvalue weighted by Gasteiger charge is 2.28. The van der Waals surface area contributed by atoms with Crippen molar-refractivity contribution in [3.05, 3.63) is 95.8 Å². The molecule has 2 amide bonds. The molecular weight excluding hydrogens is 360 g/mol. The Labute approximate surface area is 172 Å². The van der Waals surface area contributed by atoms with Crippen LogP contribution >= 0.6 is 0 Å². The molecule has 3 aromatic rings. The lowest BCUT2D eigenvalue weighted by Crippen LogP contribution is -2.51. The number of rotatable bonds is 4. The van der Waals surface area contributed by atoms with Gasteiger partial charge in [0, 0.05) is 32.4 Å². The van der Waals surface area contributed by atoms with Crippen molar-refractivity contribution < 1.29 is 4.79 Å². The molecule has 1 aromatic heterocycles. The number of pyridine rings is 1. The highest BCUT2D eigenvalue weighted by molar-refractivity contribution is 5.89. The number of amides is 2. The quantitative estimate of drug-likeness (QED) is 0.726. The van der Waals surface area contributed by atoms with Crippen LogP contribution < -0.4 is 5.32 Å². The number of hydrogen-bond donors (Lipinski definition) is 1. The average Bonchev–Trinajstić information content (AvgIpc) is 2.76. The minimum Gasteiger partial charge on any atom is -0.322 e. The van der Waals surface area contributed by atoms with Crippen LogP contribution in [-0.4, -0.2) is 47.0 Å². The zero-order chi connectivity index (χ0) is 20.1. The summed E-state index contributed by atoms with van der Waals surface area (Å²) in [6.07, 6.45) is 3.46. The number of piperazine rings is 1. The first-order valence-electron chi connectivity index (χ1n) is 10.0. The minimum atomic E-state index is -0.0620. The smallest absolute Gasteiger partial charge is 0.321 e. The molecule has 2 heterocycles. The van der Waals surface area contributed by atoms with E-state index in [0.717, 1.165) is 24.3 Å². The summed E-state index contributed by atoms with van der Waals surface area (Å²) in [6.45, 7) is 5.01. The second-order valence-electron chi connectivity index (χ2n) is 7.43. The normalized spacial score (nSPS) is 14.8. The van der Waals surface area contributed by atoms with Gasteiger partial charge in [-0.15, -0.1) is 0 Å². The number of nitrogens with one attached hydrogen (secondary N) is 1. The van der Waals surface area contributed by atoms with E-state index in [-0.39, 0.29) is 12.1 Å². The van der Waals surface area contributed by atoms with Crippen LogP contribution in [0.2, 0.25) is 0 Å². The fourth-order valence-electron chi connectivity index (χ4n) is 3.89. The summed E-state index contributed by atoms with van der Waals surface area (Å²) >= 11 is 0. The van der Waals surface area contributed by atoms with Crippen LogP contribution in [0.3, 0.4) is 0 Å². The molecule has 0 spiro atoms. The fraction of sp³-hybridized carbons (Fsp3) is 0.250. The molecule has 0 atom stereocenters. The Morgan fingerprint density at radius 2 is 1.48 bits per heavy atom. The van der Waals surface area contributed by atoms with Crippen LogP contribution in [0.1, 0.15) is 22.7 Å². The summed E-state index contributed by atoms with van der Waals surface area (Å²) in [7, 11) is 0. The fourth-order valence-corrected chi connectivity index (χ4v) is 3.89. The van der Waals surface area contributed by atoms with E-state index < -0.39 is 0 Å². The summed E-state index contributed by atoms with van der Waals surface area (Å²) in [4.78, 5) is 21.1. The molecule has 0 unspecified atom stereocenters. The Bertz CT molecular complexity index is 898. The van der Waals surface area contributed by atoms with Gasteiger partial charge in [0.15, 0.2) is 0 Å². The van der Waals surface area contributed by atoms with E-state index in [9.17, 15) is 4.79 Å². The van der Waals surface area contributed by atoms with E-state index in [1.165, 1.54) is 11.1 Å². The predicted octanol–water partition coefficient (Wildman–Crippen LogP) is 4.33. The second kappa shape index (κ2) is 8.88.